The second kappa shape index (κ2) is 11.6. The van der Waals surface area contributed by atoms with Crippen LogP contribution in [0, 0.1) is 29.4 Å². The molecule has 6 unspecified atom stereocenters. The van der Waals surface area contributed by atoms with Crippen LogP contribution < -0.4 is 11.1 Å². The molecule has 248 valence electrons. The van der Waals surface area contributed by atoms with Gasteiger partial charge < -0.3 is 30.4 Å². The summed E-state index contributed by atoms with van der Waals surface area (Å²) in [6.07, 6.45) is -1.21. The Labute approximate surface area is 269 Å². The lowest BCUT2D eigenvalue weighted by molar-refractivity contribution is -0.360. The normalized spacial score (nSPS) is 29.2. The maximum Gasteiger partial charge on any atom is 0.407 e. The van der Waals surface area contributed by atoms with Gasteiger partial charge in [-0.3, -0.25) is 0 Å². The fourth-order valence-electron chi connectivity index (χ4n) is 7.55. The predicted octanol–water partition coefficient (Wildman–Crippen LogP) is 3.79. The number of hydrogen-bond donors (Lipinski definition) is 3. The second-order valence-electron chi connectivity index (χ2n) is 13.2. The van der Waals surface area contributed by atoms with Gasteiger partial charge in [-0.1, -0.05) is 25.2 Å². The SMILES string of the molecule is CC(C)CN(C[C@@H](O)[C@H](Cc1cc(F)cc(F)c1)NC(=O)OC1C2CC3C(O2)OC32CCC12)S(=O)(=O)c1ccc2nc(N)sc2c1. The quantitative estimate of drug-likeness (QED) is 0.275. The Morgan fingerprint density at radius 2 is 1.98 bits per heavy atom. The van der Waals surface area contributed by atoms with E-state index in [1.54, 1.807) is 6.07 Å². The number of sulfonamides is 1. The van der Waals surface area contributed by atoms with Crippen LogP contribution in [0.2, 0.25) is 0 Å². The van der Waals surface area contributed by atoms with Crippen molar-refractivity contribution in [2.75, 3.05) is 18.8 Å². The summed E-state index contributed by atoms with van der Waals surface area (Å²) in [5.74, 6) is -1.46. The molecule has 11 nitrogen and oxygen atoms in total. The number of hydrogen-bond acceptors (Lipinski definition) is 10. The summed E-state index contributed by atoms with van der Waals surface area (Å²) >= 11 is 1.16. The molecule has 1 spiro atoms. The molecule has 4 aliphatic rings. The fourth-order valence-corrected chi connectivity index (χ4v) is 10.0. The minimum Gasteiger partial charge on any atom is -0.443 e. The molecule has 1 aromatic heterocycles. The number of aliphatic hydroxyl groups is 1. The first kappa shape index (κ1) is 31.6. The van der Waals surface area contributed by atoms with Crippen molar-refractivity contribution in [3.05, 3.63) is 53.6 Å². The third kappa shape index (κ3) is 5.54. The van der Waals surface area contributed by atoms with Crippen LogP contribution in [0.15, 0.2) is 41.3 Å². The topological polar surface area (TPSA) is 153 Å². The van der Waals surface area contributed by atoms with Crippen molar-refractivity contribution < 1.29 is 41.3 Å². The molecule has 4 N–H and O–H groups in total. The molecule has 3 heterocycles. The third-order valence-corrected chi connectivity index (χ3v) is 12.4. The van der Waals surface area contributed by atoms with Crippen LogP contribution in [0.25, 0.3) is 10.2 Å². The van der Waals surface area contributed by atoms with Crippen molar-refractivity contribution in [2.45, 2.75) is 80.7 Å². The number of carbonyl (C=O) groups is 1. The van der Waals surface area contributed by atoms with Crippen LogP contribution >= 0.6 is 11.3 Å². The Hall–Kier alpha value is -2.95. The van der Waals surface area contributed by atoms with Crippen LogP contribution in [0.5, 0.6) is 0 Å². The first-order chi connectivity index (χ1) is 21.8. The highest BCUT2D eigenvalue weighted by molar-refractivity contribution is 7.89. The molecule has 2 bridgehead atoms. The predicted molar refractivity (Wildman–Crippen MR) is 164 cm³/mol. The van der Waals surface area contributed by atoms with Crippen LogP contribution in [0.4, 0.5) is 18.7 Å². The van der Waals surface area contributed by atoms with Gasteiger partial charge in [-0.25, -0.2) is 27.0 Å². The maximum absolute atomic E-state index is 14.1. The van der Waals surface area contributed by atoms with E-state index in [0.717, 1.165) is 53.1 Å². The van der Waals surface area contributed by atoms with Gasteiger partial charge in [0.2, 0.25) is 10.0 Å². The van der Waals surface area contributed by atoms with E-state index in [4.69, 9.17) is 19.9 Å². The summed E-state index contributed by atoms with van der Waals surface area (Å²) < 4.78 is 75.7. The van der Waals surface area contributed by atoms with Gasteiger partial charge in [0.25, 0.3) is 0 Å². The smallest absolute Gasteiger partial charge is 0.407 e. The van der Waals surface area contributed by atoms with Gasteiger partial charge in [-0.15, -0.1) is 0 Å². The molecule has 2 aliphatic carbocycles. The zero-order chi connectivity index (χ0) is 32.5. The first-order valence-electron chi connectivity index (χ1n) is 15.4. The van der Waals surface area contributed by atoms with Gasteiger partial charge in [0, 0.05) is 31.0 Å². The highest BCUT2D eigenvalue weighted by Crippen LogP contribution is 2.66. The van der Waals surface area contributed by atoms with Gasteiger partial charge in [-0.2, -0.15) is 4.31 Å². The van der Waals surface area contributed by atoms with Crippen LogP contribution in [0.3, 0.4) is 0 Å². The summed E-state index contributed by atoms with van der Waals surface area (Å²) in [6, 6.07) is 6.25. The van der Waals surface area contributed by atoms with Crippen molar-refractivity contribution in [1.82, 2.24) is 14.6 Å². The fraction of sp³-hybridized carbons (Fsp3) is 0.548. The van der Waals surface area contributed by atoms with E-state index < -0.39 is 52.5 Å². The van der Waals surface area contributed by atoms with Gasteiger partial charge in [0.1, 0.15) is 17.7 Å². The van der Waals surface area contributed by atoms with E-state index in [9.17, 15) is 27.1 Å². The number of thiazole rings is 1. The second-order valence-corrected chi connectivity index (χ2v) is 16.2. The molecule has 2 saturated heterocycles. The number of aliphatic hydroxyl groups excluding tert-OH is 1. The summed E-state index contributed by atoms with van der Waals surface area (Å²) in [4.78, 5) is 17.6. The monoisotopic (exact) mass is 678 g/mol. The number of nitrogen functional groups attached to an aromatic ring is 1. The number of nitrogens with two attached hydrogens (primary N) is 1. The Morgan fingerprint density at radius 3 is 2.67 bits per heavy atom. The minimum absolute atomic E-state index is 0.000603. The molecular weight excluding hydrogens is 642 g/mol. The Balaban J connectivity index is 1.12. The number of nitrogens with zero attached hydrogens (tertiary/aromatic N) is 2. The van der Waals surface area contributed by atoms with E-state index in [2.05, 4.69) is 10.3 Å². The number of fused-ring (bicyclic) bond motifs is 2. The summed E-state index contributed by atoms with van der Waals surface area (Å²) in [7, 11) is -4.14. The largest absolute Gasteiger partial charge is 0.443 e. The molecule has 7 rings (SSSR count). The standard InChI is InChI=1S/C31H36F2N4O7S2/c1-15(2)13-37(46(40,41)19-3-4-22-26(11-19)45-29(34)35-22)14-24(38)23(9-16-7-17(32)10-18(33)8-16)36-30(39)43-27-20-5-6-31(20)21-12-25(27)42-28(21)44-31/h3-4,7-8,10-11,15,20-21,23-25,27-28,38H,5-6,9,12-14H2,1-2H3,(H2,34,35)(H,36,39)/t20?,21?,23-,24+,25?,27?,28?,31?/m0/s1. The summed E-state index contributed by atoms with van der Waals surface area (Å²) in [5, 5.41) is 14.5. The summed E-state index contributed by atoms with van der Waals surface area (Å²) in [5.41, 5.74) is 6.22. The van der Waals surface area contributed by atoms with Gasteiger partial charge >= 0.3 is 6.09 Å². The number of nitrogens with one attached hydrogen (secondary N) is 1. The number of rotatable bonds is 11. The minimum atomic E-state index is -4.14. The molecule has 2 aliphatic heterocycles. The molecule has 15 heteroatoms. The van der Waals surface area contributed by atoms with E-state index in [-0.39, 0.29) is 53.3 Å². The average Bonchev–Trinajstić information content (AvgIpc) is 3.45. The molecular formula is C31H36F2N4O7S2. The van der Waals surface area contributed by atoms with Crippen LogP contribution in [-0.2, 0) is 30.7 Å². The molecule has 4 fully saturated rings. The molecule has 8 atom stereocenters. The number of benzene rings is 2. The first-order valence-corrected chi connectivity index (χ1v) is 17.7. The number of anilines is 1. The molecule has 46 heavy (non-hydrogen) atoms. The molecule has 0 radical (unpaired) electrons. The van der Waals surface area contributed by atoms with Gasteiger partial charge in [0.05, 0.1) is 39.0 Å². The van der Waals surface area contributed by atoms with E-state index in [1.165, 1.54) is 12.1 Å². The van der Waals surface area contributed by atoms with Crippen LogP contribution in [-0.4, -0.2) is 78.2 Å². The van der Waals surface area contributed by atoms with E-state index >= 15 is 0 Å². The van der Waals surface area contributed by atoms with Crippen molar-refractivity contribution in [1.29, 1.82) is 0 Å². The highest BCUT2D eigenvalue weighted by Gasteiger charge is 2.75. The molecule has 2 aromatic carbocycles. The lowest BCUT2D eigenvalue weighted by Gasteiger charge is -2.63. The number of amides is 1. The average molecular weight is 679 g/mol. The number of carbonyl (C=O) groups excluding carboxylic acids is 1. The molecule has 3 aromatic rings. The lowest BCUT2D eigenvalue weighted by Crippen LogP contribution is -2.71. The molecule has 2 saturated carbocycles. The Morgan fingerprint density at radius 1 is 1.22 bits per heavy atom. The highest BCUT2D eigenvalue weighted by atomic mass is 32.2. The van der Waals surface area contributed by atoms with Crippen molar-refractivity contribution in [3.63, 3.8) is 0 Å². The van der Waals surface area contributed by atoms with Crippen molar-refractivity contribution in [3.8, 4) is 0 Å². The number of ether oxygens (including phenoxy) is 3. The number of aromatic nitrogens is 1. The zero-order valence-corrected chi connectivity index (χ0v) is 26.9. The number of halogens is 2. The van der Waals surface area contributed by atoms with Gasteiger partial charge in [-0.05, 0) is 67.5 Å². The zero-order valence-electron chi connectivity index (χ0n) is 25.3. The van der Waals surface area contributed by atoms with Crippen molar-refractivity contribution >= 4 is 42.8 Å². The van der Waals surface area contributed by atoms with E-state index in [1.807, 2.05) is 13.8 Å². The van der Waals surface area contributed by atoms with Crippen molar-refractivity contribution in [2.24, 2.45) is 17.8 Å². The lowest BCUT2D eigenvalue weighted by atomic mass is 9.53. The number of alkyl carbamates (subject to hydrolysis) is 1. The van der Waals surface area contributed by atoms with Crippen LogP contribution in [0.1, 0.15) is 38.7 Å². The third-order valence-electron chi connectivity index (χ3n) is 9.69. The Kier molecular flexibility index (Phi) is 8.00. The maximum atomic E-state index is 14.1. The molecule has 1 amide bonds. The summed E-state index contributed by atoms with van der Waals surface area (Å²) in [6.45, 7) is 3.32. The Bertz CT molecular complexity index is 1750. The van der Waals surface area contributed by atoms with E-state index in [0.29, 0.717) is 21.3 Å². The van der Waals surface area contributed by atoms with Gasteiger partial charge in [0.15, 0.2) is 11.4 Å².